The summed E-state index contributed by atoms with van der Waals surface area (Å²) in [6.07, 6.45) is 0. The Labute approximate surface area is 214 Å². The number of hydrogen-bond donors (Lipinski definition) is 2. The number of amides is 2. The van der Waals surface area contributed by atoms with Crippen LogP contribution in [0.5, 0.6) is 5.75 Å². The van der Waals surface area contributed by atoms with E-state index in [2.05, 4.69) is 34.7 Å². The predicted octanol–water partition coefficient (Wildman–Crippen LogP) is 4.81. The first kappa shape index (κ1) is 26.6. The van der Waals surface area contributed by atoms with Crippen molar-refractivity contribution in [1.82, 2.24) is 20.1 Å². The standard InChI is InChI=1S/C25H30ClN5O3S/c1-5-31-22(13-27-23(32)14-34-21-12-17(4)6-11-20(21)16(2)3)29-30-25(31)35-15-24(33)28-19-9-7-18(26)8-10-19/h6-12,16H,5,13-15H2,1-4H3,(H,27,32)(H,28,33). The fourth-order valence-corrected chi connectivity index (χ4v) is 4.30. The largest absolute Gasteiger partial charge is 0.483 e. The van der Waals surface area contributed by atoms with Crippen LogP contribution < -0.4 is 15.4 Å². The minimum absolute atomic E-state index is 0.0874. The highest BCUT2D eigenvalue weighted by molar-refractivity contribution is 7.99. The number of benzene rings is 2. The van der Waals surface area contributed by atoms with Gasteiger partial charge in [-0.2, -0.15) is 0 Å². The number of carbonyl (C=O) groups is 2. The highest BCUT2D eigenvalue weighted by Crippen LogP contribution is 2.27. The number of aryl methyl sites for hydroxylation is 1. The first-order valence-corrected chi connectivity index (χ1v) is 12.7. The lowest BCUT2D eigenvalue weighted by atomic mass is 10.0. The molecule has 0 aliphatic carbocycles. The average molecular weight is 516 g/mol. The summed E-state index contributed by atoms with van der Waals surface area (Å²) >= 11 is 7.16. The van der Waals surface area contributed by atoms with Gasteiger partial charge in [0.2, 0.25) is 5.91 Å². The molecule has 1 aromatic heterocycles. The van der Waals surface area contributed by atoms with Gasteiger partial charge in [0.1, 0.15) is 5.75 Å². The molecule has 3 rings (SSSR count). The van der Waals surface area contributed by atoms with Gasteiger partial charge in [0.25, 0.3) is 5.91 Å². The zero-order valence-corrected chi connectivity index (χ0v) is 21.9. The minimum Gasteiger partial charge on any atom is -0.483 e. The number of halogens is 1. The van der Waals surface area contributed by atoms with Crippen LogP contribution in [0.3, 0.4) is 0 Å². The number of aromatic nitrogens is 3. The molecule has 0 spiro atoms. The number of nitrogens with one attached hydrogen (secondary N) is 2. The lowest BCUT2D eigenvalue weighted by Crippen LogP contribution is -2.29. The van der Waals surface area contributed by atoms with Crippen molar-refractivity contribution in [3.05, 3.63) is 64.4 Å². The SMILES string of the molecule is CCn1c(CNC(=O)COc2cc(C)ccc2C(C)C)nnc1SCC(=O)Nc1ccc(Cl)cc1. The van der Waals surface area contributed by atoms with E-state index in [1.807, 2.05) is 36.6 Å². The molecule has 0 bridgehead atoms. The summed E-state index contributed by atoms with van der Waals surface area (Å²) in [4.78, 5) is 24.7. The summed E-state index contributed by atoms with van der Waals surface area (Å²) in [7, 11) is 0. The number of rotatable bonds is 11. The molecule has 0 radical (unpaired) electrons. The second kappa shape index (κ2) is 12.6. The molecule has 0 unspecified atom stereocenters. The Morgan fingerprint density at radius 2 is 1.86 bits per heavy atom. The molecular formula is C25H30ClN5O3S. The van der Waals surface area contributed by atoms with E-state index in [1.54, 1.807) is 24.3 Å². The van der Waals surface area contributed by atoms with Gasteiger partial charge in [-0.1, -0.05) is 49.3 Å². The van der Waals surface area contributed by atoms with Gasteiger partial charge in [-0.05, 0) is 61.2 Å². The van der Waals surface area contributed by atoms with Gasteiger partial charge >= 0.3 is 0 Å². The maximum absolute atomic E-state index is 12.4. The Morgan fingerprint density at radius 1 is 1.11 bits per heavy atom. The van der Waals surface area contributed by atoms with Gasteiger partial charge in [0.05, 0.1) is 12.3 Å². The Kier molecular flexibility index (Phi) is 9.56. The molecule has 0 saturated heterocycles. The maximum atomic E-state index is 12.4. The zero-order valence-electron chi connectivity index (χ0n) is 20.3. The maximum Gasteiger partial charge on any atom is 0.258 e. The average Bonchev–Trinajstić information content (AvgIpc) is 3.23. The summed E-state index contributed by atoms with van der Waals surface area (Å²) in [6, 6.07) is 12.9. The third-order valence-electron chi connectivity index (χ3n) is 5.16. The monoisotopic (exact) mass is 515 g/mol. The molecule has 35 heavy (non-hydrogen) atoms. The zero-order chi connectivity index (χ0) is 25.4. The number of thioether (sulfide) groups is 1. The Hall–Kier alpha value is -3.04. The normalized spacial score (nSPS) is 10.9. The van der Waals surface area contributed by atoms with Crippen molar-refractivity contribution >= 4 is 40.9 Å². The van der Waals surface area contributed by atoms with E-state index in [0.29, 0.717) is 34.2 Å². The van der Waals surface area contributed by atoms with Gasteiger partial charge in [-0.15, -0.1) is 10.2 Å². The van der Waals surface area contributed by atoms with Gasteiger partial charge in [-0.3, -0.25) is 9.59 Å². The van der Waals surface area contributed by atoms with E-state index in [1.165, 1.54) is 11.8 Å². The topological polar surface area (TPSA) is 98.1 Å². The minimum atomic E-state index is -0.247. The first-order chi connectivity index (χ1) is 16.8. The van der Waals surface area contributed by atoms with Gasteiger partial charge in [0.15, 0.2) is 17.6 Å². The van der Waals surface area contributed by atoms with Gasteiger partial charge in [0, 0.05) is 17.3 Å². The fraction of sp³-hybridized carbons (Fsp3) is 0.360. The van der Waals surface area contributed by atoms with Crippen LogP contribution >= 0.6 is 23.4 Å². The van der Waals surface area contributed by atoms with E-state index in [-0.39, 0.29) is 30.7 Å². The highest BCUT2D eigenvalue weighted by atomic mass is 35.5. The fourth-order valence-electron chi connectivity index (χ4n) is 3.35. The molecule has 186 valence electrons. The second-order valence-electron chi connectivity index (χ2n) is 8.25. The predicted molar refractivity (Wildman–Crippen MR) is 139 cm³/mol. The quantitative estimate of drug-likeness (QED) is 0.356. The van der Waals surface area contributed by atoms with E-state index < -0.39 is 0 Å². The molecule has 2 aromatic carbocycles. The number of anilines is 1. The molecule has 0 saturated carbocycles. The molecule has 0 aliphatic rings. The summed E-state index contributed by atoms with van der Waals surface area (Å²) in [5.41, 5.74) is 2.82. The van der Waals surface area contributed by atoms with Gasteiger partial charge in [-0.25, -0.2) is 0 Å². The number of hydrogen-bond acceptors (Lipinski definition) is 6. The van der Waals surface area contributed by atoms with Gasteiger partial charge < -0.3 is 19.9 Å². The van der Waals surface area contributed by atoms with Crippen LogP contribution in [0.2, 0.25) is 5.02 Å². The molecule has 8 nitrogen and oxygen atoms in total. The van der Waals surface area contributed by atoms with E-state index >= 15 is 0 Å². The molecule has 0 fully saturated rings. The molecular weight excluding hydrogens is 486 g/mol. The van der Waals surface area contributed by atoms with Crippen molar-refractivity contribution in [3.8, 4) is 5.75 Å². The van der Waals surface area contributed by atoms with Crippen LogP contribution in [0.15, 0.2) is 47.6 Å². The highest BCUT2D eigenvalue weighted by Gasteiger charge is 2.15. The van der Waals surface area contributed by atoms with Crippen LogP contribution in [0.4, 0.5) is 5.69 Å². The van der Waals surface area contributed by atoms with Crippen molar-refractivity contribution in [2.45, 2.75) is 51.9 Å². The lowest BCUT2D eigenvalue weighted by molar-refractivity contribution is -0.123. The Bertz CT molecular complexity index is 1160. The third kappa shape index (κ3) is 7.73. The molecule has 2 amide bonds. The molecule has 1 heterocycles. The van der Waals surface area contributed by atoms with Crippen molar-refractivity contribution in [2.24, 2.45) is 0 Å². The molecule has 0 aliphatic heterocycles. The van der Waals surface area contributed by atoms with E-state index in [0.717, 1.165) is 16.9 Å². The van der Waals surface area contributed by atoms with E-state index in [4.69, 9.17) is 16.3 Å². The summed E-state index contributed by atoms with van der Waals surface area (Å²) in [5, 5.41) is 15.2. The number of carbonyl (C=O) groups excluding carboxylic acids is 2. The Morgan fingerprint density at radius 3 is 2.54 bits per heavy atom. The van der Waals surface area contributed by atoms with Crippen LogP contribution in [0.1, 0.15) is 43.6 Å². The van der Waals surface area contributed by atoms with Crippen molar-refractivity contribution in [3.63, 3.8) is 0 Å². The summed E-state index contributed by atoms with van der Waals surface area (Å²) in [6.45, 7) is 8.86. The van der Waals surface area contributed by atoms with Crippen LogP contribution in [-0.4, -0.2) is 38.9 Å². The second-order valence-corrected chi connectivity index (χ2v) is 9.63. The van der Waals surface area contributed by atoms with Crippen molar-refractivity contribution in [2.75, 3.05) is 17.7 Å². The molecule has 10 heteroatoms. The number of nitrogens with zero attached hydrogens (tertiary/aromatic N) is 3. The van der Waals surface area contributed by atoms with Crippen LogP contribution in [0.25, 0.3) is 0 Å². The first-order valence-electron chi connectivity index (χ1n) is 11.4. The summed E-state index contributed by atoms with van der Waals surface area (Å²) in [5.74, 6) is 1.40. The smallest absolute Gasteiger partial charge is 0.258 e. The Balaban J connectivity index is 1.51. The van der Waals surface area contributed by atoms with E-state index in [9.17, 15) is 9.59 Å². The number of ether oxygens (including phenoxy) is 1. The molecule has 0 atom stereocenters. The molecule has 3 aromatic rings. The van der Waals surface area contributed by atoms with Crippen LogP contribution in [0, 0.1) is 6.92 Å². The van der Waals surface area contributed by atoms with Crippen molar-refractivity contribution in [1.29, 1.82) is 0 Å². The third-order valence-corrected chi connectivity index (χ3v) is 6.38. The van der Waals surface area contributed by atoms with Crippen LogP contribution in [-0.2, 0) is 22.7 Å². The lowest BCUT2D eigenvalue weighted by Gasteiger charge is -2.15. The van der Waals surface area contributed by atoms with Crippen molar-refractivity contribution < 1.29 is 14.3 Å². The summed E-state index contributed by atoms with van der Waals surface area (Å²) < 4.78 is 7.67. The molecule has 2 N–H and O–H groups in total.